The Morgan fingerprint density at radius 3 is 2.58 bits per heavy atom. The standard InChI is InChI=1S/C18H12Cl3F3N4O2S/c19-11-2-1-9(12(20)6-11)8-30-14-3-4-31-16(14)26-17(29)28-27-15-13(21)5-10(7-25-15)18(22,23)24/h1-7H,8H2,(H,25,27)(H2,26,28,29). The van der Waals surface area contributed by atoms with Gasteiger partial charge in [-0.15, -0.1) is 11.3 Å². The SMILES string of the molecule is O=C(NNc1ncc(C(F)(F)F)cc1Cl)Nc1sccc1OCc1ccc(Cl)cc1Cl. The first-order valence-corrected chi connectivity index (χ1v) is 10.3. The van der Waals surface area contributed by atoms with Crippen LogP contribution in [0.2, 0.25) is 15.1 Å². The monoisotopic (exact) mass is 510 g/mol. The number of alkyl halides is 3. The summed E-state index contributed by atoms with van der Waals surface area (Å²) < 4.78 is 43.6. The van der Waals surface area contributed by atoms with E-state index in [1.165, 1.54) is 11.3 Å². The summed E-state index contributed by atoms with van der Waals surface area (Å²) in [7, 11) is 0. The van der Waals surface area contributed by atoms with E-state index in [0.717, 1.165) is 0 Å². The summed E-state index contributed by atoms with van der Waals surface area (Å²) in [6.07, 6.45) is -3.98. The van der Waals surface area contributed by atoms with Crippen LogP contribution in [0.1, 0.15) is 11.1 Å². The maximum atomic E-state index is 12.7. The number of rotatable bonds is 6. The molecule has 0 saturated heterocycles. The third-order valence-electron chi connectivity index (χ3n) is 3.72. The first-order chi connectivity index (χ1) is 14.6. The van der Waals surface area contributed by atoms with Gasteiger partial charge in [0.2, 0.25) is 0 Å². The highest BCUT2D eigenvalue weighted by molar-refractivity contribution is 7.14. The smallest absolute Gasteiger partial charge is 0.417 e. The summed E-state index contributed by atoms with van der Waals surface area (Å²) in [5, 5.41) is 5.29. The molecule has 3 aromatic rings. The van der Waals surface area contributed by atoms with Crippen molar-refractivity contribution in [2.24, 2.45) is 0 Å². The number of aromatic nitrogens is 1. The van der Waals surface area contributed by atoms with Crippen molar-refractivity contribution in [1.82, 2.24) is 10.4 Å². The van der Waals surface area contributed by atoms with E-state index in [2.05, 4.69) is 21.2 Å². The lowest BCUT2D eigenvalue weighted by molar-refractivity contribution is -0.137. The Labute approximate surface area is 193 Å². The number of benzene rings is 1. The molecule has 0 aliphatic rings. The first kappa shape index (κ1) is 23.3. The number of urea groups is 1. The molecule has 0 aliphatic carbocycles. The van der Waals surface area contributed by atoms with Crippen LogP contribution >= 0.6 is 46.1 Å². The molecule has 13 heteroatoms. The Hall–Kier alpha value is -2.40. The second-order valence-electron chi connectivity index (χ2n) is 5.89. The summed E-state index contributed by atoms with van der Waals surface area (Å²) in [6, 6.07) is 6.64. The quantitative estimate of drug-likeness (QED) is 0.316. The average molecular weight is 512 g/mol. The van der Waals surface area contributed by atoms with Gasteiger partial charge in [-0.25, -0.2) is 15.2 Å². The number of thiophene rings is 1. The molecule has 0 unspecified atom stereocenters. The number of nitrogens with zero attached hydrogens (tertiary/aromatic N) is 1. The highest BCUT2D eigenvalue weighted by atomic mass is 35.5. The fraction of sp³-hybridized carbons (Fsp3) is 0.111. The summed E-state index contributed by atoms with van der Waals surface area (Å²) in [5.74, 6) is 0.252. The number of halogens is 6. The molecule has 2 heterocycles. The minimum Gasteiger partial charge on any atom is -0.486 e. The number of carbonyl (C=O) groups excluding carboxylic acids is 1. The van der Waals surface area contributed by atoms with Crippen LogP contribution in [-0.4, -0.2) is 11.0 Å². The zero-order valence-corrected chi connectivity index (χ0v) is 18.3. The molecule has 31 heavy (non-hydrogen) atoms. The van der Waals surface area contributed by atoms with Gasteiger partial charge < -0.3 is 4.74 Å². The Morgan fingerprint density at radius 2 is 1.90 bits per heavy atom. The maximum absolute atomic E-state index is 12.7. The molecule has 2 amide bonds. The van der Waals surface area contributed by atoms with E-state index < -0.39 is 17.8 Å². The number of carbonyl (C=O) groups is 1. The molecule has 3 rings (SSSR count). The number of pyridine rings is 1. The topological polar surface area (TPSA) is 75.3 Å². The van der Waals surface area contributed by atoms with Crippen molar-refractivity contribution in [1.29, 1.82) is 0 Å². The van der Waals surface area contributed by atoms with E-state index in [9.17, 15) is 18.0 Å². The molecule has 6 nitrogen and oxygen atoms in total. The van der Waals surface area contributed by atoms with Gasteiger partial charge in [0.15, 0.2) is 11.6 Å². The van der Waals surface area contributed by atoms with E-state index in [1.807, 2.05) is 0 Å². The summed E-state index contributed by atoms with van der Waals surface area (Å²) in [6.45, 7) is 0.145. The van der Waals surface area contributed by atoms with Crippen LogP contribution in [0.25, 0.3) is 0 Å². The molecular formula is C18H12Cl3F3N4O2S. The van der Waals surface area contributed by atoms with E-state index in [1.54, 1.807) is 29.6 Å². The van der Waals surface area contributed by atoms with E-state index >= 15 is 0 Å². The molecule has 0 saturated carbocycles. The van der Waals surface area contributed by atoms with Crippen LogP contribution in [0, 0.1) is 0 Å². The molecule has 0 radical (unpaired) electrons. The van der Waals surface area contributed by atoms with Crippen LogP contribution in [0.4, 0.5) is 28.8 Å². The van der Waals surface area contributed by atoms with Crippen molar-refractivity contribution in [2.45, 2.75) is 12.8 Å². The van der Waals surface area contributed by atoms with Gasteiger partial charge in [0.05, 0.1) is 10.6 Å². The number of nitrogens with one attached hydrogen (secondary N) is 3. The van der Waals surface area contributed by atoms with Crippen molar-refractivity contribution >= 4 is 63.0 Å². The van der Waals surface area contributed by atoms with Gasteiger partial charge >= 0.3 is 12.2 Å². The lowest BCUT2D eigenvalue weighted by Crippen LogP contribution is -2.34. The average Bonchev–Trinajstić information content (AvgIpc) is 3.12. The molecule has 0 fully saturated rings. The maximum Gasteiger partial charge on any atom is 0.417 e. The molecule has 164 valence electrons. The van der Waals surface area contributed by atoms with Crippen molar-refractivity contribution < 1.29 is 22.7 Å². The van der Waals surface area contributed by atoms with Crippen LogP contribution in [0.5, 0.6) is 5.75 Å². The summed E-state index contributed by atoms with van der Waals surface area (Å²) >= 11 is 19.0. The molecule has 0 spiro atoms. The molecule has 0 bridgehead atoms. The van der Waals surface area contributed by atoms with Crippen LogP contribution < -0.4 is 20.9 Å². The van der Waals surface area contributed by atoms with E-state index in [-0.39, 0.29) is 17.4 Å². The lowest BCUT2D eigenvalue weighted by Gasteiger charge is -2.13. The van der Waals surface area contributed by atoms with Crippen molar-refractivity contribution in [3.8, 4) is 5.75 Å². The number of hydrogen-bond donors (Lipinski definition) is 3. The Bertz CT molecular complexity index is 1100. The van der Waals surface area contributed by atoms with Gasteiger partial charge in [-0.2, -0.15) is 13.2 Å². The van der Waals surface area contributed by atoms with Gasteiger partial charge in [0.25, 0.3) is 0 Å². The normalized spacial score (nSPS) is 11.2. The van der Waals surface area contributed by atoms with Crippen LogP contribution in [0.15, 0.2) is 41.9 Å². The van der Waals surface area contributed by atoms with Crippen molar-refractivity contribution in [3.05, 3.63) is 68.1 Å². The van der Waals surface area contributed by atoms with Crippen LogP contribution in [-0.2, 0) is 12.8 Å². The zero-order valence-electron chi connectivity index (χ0n) is 15.2. The summed E-state index contributed by atoms with van der Waals surface area (Å²) in [4.78, 5) is 15.7. The second-order valence-corrected chi connectivity index (χ2v) is 8.06. The minimum absolute atomic E-state index is 0.145. The van der Waals surface area contributed by atoms with Crippen molar-refractivity contribution in [2.75, 3.05) is 10.7 Å². The predicted molar refractivity (Wildman–Crippen MR) is 115 cm³/mol. The largest absolute Gasteiger partial charge is 0.486 e. The fourth-order valence-corrected chi connectivity index (χ4v) is 3.63. The van der Waals surface area contributed by atoms with Crippen LogP contribution in [0.3, 0.4) is 0 Å². The third kappa shape index (κ3) is 6.30. The van der Waals surface area contributed by atoms with Gasteiger partial charge in [0, 0.05) is 21.8 Å². The molecule has 3 N–H and O–H groups in total. The third-order valence-corrected chi connectivity index (χ3v) is 5.40. The Morgan fingerprint density at radius 1 is 1.13 bits per heavy atom. The predicted octanol–water partition coefficient (Wildman–Crippen LogP) is 6.85. The highest BCUT2D eigenvalue weighted by Crippen LogP contribution is 2.33. The Balaban J connectivity index is 1.56. The van der Waals surface area contributed by atoms with E-state index in [0.29, 0.717) is 38.6 Å². The summed E-state index contributed by atoms with van der Waals surface area (Å²) in [5.41, 5.74) is 4.30. The number of hydrazine groups is 1. The fourth-order valence-electron chi connectivity index (χ4n) is 2.23. The number of hydrogen-bond acceptors (Lipinski definition) is 5. The number of ether oxygens (including phenoxy) is 1. The molecule has 1 aromatic carbocycles. The number of amides is 2. The van der Waals surface area contributed by atoms with Gasteiger partial charge in [-0.05, 0) is 29.6 Å². The highest BCUT2D eigenvalue weighted by Gasteiger charge is 2.31. The Kier molecular flexibility index (Phi) is 7.37. The molecular weight excluding hydrogens is 500 g/mol. The molecule has 0 aliphatic heterocycles. The lowest BCUT2D eigenvalue weighted by atomic mass is 10.2. The first-order valence-electron chi connectivity index (χ1n) is 8.33. The van der Waals surface area contributed by atoms with Gasteiger partial charge in [-0.1, -0.05) is 40.9 Å². The zero-order chi connectivity index (χ0) is 22.6. The van der Waals surface area contributed by atoms with Gasteiger partial charge in [-0.3, -0.25) is 10.7 Å². The van der Waals surface area contributed by atoms with E-state index in [4.69, 9.17) is 39.5 Å². The van der Waals surface area contributed by atoms with Crippen molar-refractivity contribution in [3.63, 3.8) is 0 Å². The molecule has 2 aromatic heterocycles. The molecule has 0 atom stereocenters. The number of anilines is 2. The minimum atomic E-state index is -4.58. The second kappa shape index (κ2) is 9.82. The van der Waals surface area contributed by atoms with Gasteiger partial charge in [0.1, 0.15) is 11.6 Å².